The van der Waals surface area contributed by atoms with E-state index < -0.39 is 12.1 Å². The van der Waals surface area contributed by atoms with Crippen LogP contribution in [0, 0.1) is 5.92 Å². The van der Waals surface area contributed by atoms with Gasteiger partial charge in [-0.2, -0.15) is 0 Å². The minimum Gasteiger partial charge on any atom is -0.451 e. The van der Waals surface area contributed by atoms with E-state index in [4.69, 9.17) is 9.72 Å². The van der Waals surface area contributed by atoms with E-state index in [1.165, 1.54) is 0 Å². The summed E-state index contributed by atoms with van der Waals surface area (Å²) in [7, 11) is 0. The Hall–Kier alpha value is -3.54. The predicted octanol–water partition coefficient (Wildman–Crippen LogP) is 4.51. The fourth-order valence-corrected chi connectivity index (χ4v) is 4.37. The fourth-order valence-electron chi connectivity index (χ4n) is 4.37. The molecule has 2 aromatic heterocycles. The van der Waals surface area contributed by atoms with E-state index in [1.807, 2.05) is 30.3 Å². The number of nitrogens with one attached hydrogen (secondary N) is 1. The molecule has 2 aromatic carbocycles. The number of hydrogen-bond acceptors (Lipinski definition) is 5. The summed E-state index contributed by atoms with van der Waals surface area (Å²) in [5.74, 6) is 0.405. The van der Waals surface area contributed by atoms with Crippen LogP contribution >= 0.6 is 0 Å². The fraction of sp³-hybridized carbons (Fsp3) is 0.280. The molecule has 0 radical (unpaired) electrons. The van der Waals surface area contributed by atoms with Gasteiger partial charge in [0.15, 0.2) is 11.9 Å². The van der Waals surface area contributed by atoms with Crippen molar-refractivity contribution < 1.29 is 9.53 Å². The van der Waals surface area contributed by atoms with Gasteiger partial charge in [-0.05, 0) is 55.9 Å². The molecular weight excluding hydrogens is 390 g/mol. The second kappa shape index (κ2) is 7.61. The van der Waals surface area contributed by atoms with Crippen LogP contribution in [0.5, 0.6) is 0 Å². The molecule has 4 aromatic rings. The first-order chi connectivity index (χ1) is 15.0. The van der Waals surface area contributed by atoms with Crippen molar-refractivity contribution in [1.82, 2.24) is 15.0 Å². The van der Waals surface area contributed by atoms with Gasteiger partial charge in [0.1, 0.15) is 0 Å². The maximum atomic E-state index is 13.4. The highest BCUT2D eigenvalue weighted by Crippen LogP contribution is 2.32. The standard InChI is InChI=1S/C25H23N3O3/c1-14-11-12-21-18(13-14)22(16-7-3-5-9-19(16)26-21)25(30)31-15(2)23-27-20-10-6-4-8-17(20)24(29)28-23/h3-10,14-15H,11-13H2,1-2H3,(H,27,28,29)/t14-,15+/m1/s1. The zero-order valence-corrected chi connectivity index (χ0v) is 17.5. The zero-order chi connectivity index (χ0) is 21.5. The molecule has 0 unspecified atom stereocenters. The van der Waals surface area contributed by atoms with Gasteiger partial charge in [0, 0.05) is 11.1 Å². The number of carbonyl (C=O) groups excluding carboxylic acids is 1. The van der Waals surface area contributed by atoms with Crippen molar-refractivity contribution >= 4 is 27.8 Å². The molecule has 1 aliphatic rings. The highest BCUT2D eigenvalue weighted by molar-refractivity contribution is 6.05. The van der Waals surface area contributed by atoms with Crippen LogP contribution in [-0.2, 0) is 17.6 Å². The molecule has 6 heteroatoms. The third-order valence-corrected chi connectivity index (χ3v) is 6.01. The van der Waals surface area contributed by atoms with Gasteiger partial charge in [-0.15, -0.1) is 0 Å². The quantitative estimate of drug-likeness (QED) is 0.500. The number of para-hydroxylation sites is 2. The Morgan fingerprint density at radius 3 is 2.52 bits per heavy atom. The number of carbonyl (C=O) groups is 1. The van der Waals surface area contributed by atoms with Crippen molar-refractivity contribution in [2.75, 3.05) is 0 Å². The van der Waals surface area contributed by atoms with Crippen LogP contribution in [0.25, 0.3) is 21.8 Å². The average Bonchev–Trinajstić information content (AvgIpc) is 2.77. The number of hydrogen-bond donors (Lipinski definition) is 1. The number of H-pyrrole nitrogens is 1. The van der Waals surface area contributed by atoms with E-state index in [2.05, 4.69) is 16.9 Å². The molecule has 0 saturated heterocycles. The van der Waals surface area contributed by atoms with Crippen molar-refractivity contribution in [1.29, 1.82) is 0 Å². The number of benzene rings is 2. The van der Waals surface area contributed by atoms with Crippen LogP contribution in [-0.4, -0.2) is 20.9 Å². The van der Waals surface area contributed by atoms with Crippen LogP contribution in [0.3, 0.4) is 0 Å². The lowest BCUT2D eigenvalue weighted by Crippen LogP contribution is -2.21. The Balaban J connectivity index is 1.55. The molecule has 1 N–H and O–H groups in total. The van der Waals surface area contributed by atoms with E-state index >= 15 is 0 Å². The molecule has 0 saturated carbocycles. The smallest absolute Gasteiger partial charge is 0.339 e. The van der Waals surface area contributed by atoms with Gasteiger partial charge in [0.2, 0.25) is 0 Å². The molecule has 0 aliphatic heterocycles. The molecule has 2 atom stereocenters. The van der Waals surface area contributed by atoms with Crippen LogP contribution in [0.2, 0.25) is 0 Å². The molecule has 2 heterocycles. The summed E-state index contributed by atoms with van der Waals surface area (Å²) < 4.78 is 5.84. The summed E-state index contributed by atoms with van der Waals surface area (Å²) in [4.78, 5) is 37.9. The summed E-state index contributed by atoms with van der Waals surface area (Å²) in [5.41, 5.74) is 3.67. The van der Waals surface area contributed by atoms with Gasteiger partial charge in [-0.1, -0.05) is 37.3 Å². The molecule has 1 aliphatic carbocycles. The van der Waals surface area contributed by atoms with Crippen molar-refractivity contribution in [2.24, 2.45) is 5.92 Å². The average molecular weight is 413 g/mol. The second-order valence-electron chi connectivity index (χ2n) is 8.29. The molecule has 0 spiro atoms. The lowest BCUT2D eigenvalue weighted by Gasteiger charge is -2.24. The van der Waals surface area contributed by atoms with Gasteiger partial charge in [-0.25, -0.2) is 9.78 Å². The van der Waals surface area contributed by atoms with Crippen molar-refractivity contribution in [3.63, 3.8) is 0 Å². The number of aromatic amines is 1. The van der Waals surface area contributed by atoms with Gasteiger partial charge in [-0.3, -0.25) is 9.78 Å². The lowest BCUT2D eigenvalue weighted by molar-refractivity contribution is 0.0320. The Labute approximate surface area is 179 Å². The van der Waals surface area contributed by atoms with E-state index in [0.717, 1.165) is 41.4 Å². The number of rotatable bonds is 3. The Bertz CT molecular complexity index is 1380. The van der Waals surface area contributed by atoms with Crippen molar-refractivity contribution in [2.45, 2.75) is 39.2 Å². The number of pyridine rings is 1. The van der Waals surface area contributed by atoms with Crippen LogP contribution < -0.4 is 5.56 Å². The number of esters is 1. The highest BCUT2D eigenvalue weighted by Gasteiger charge is 2.27. The molecule has 5 rings (SSSR count). The van der Waals surface area contributed by atoms with Gasteiger partial charge in [0.25, 0.3) is 5.56 Å². The highest BCUT2D eigenvalue weighted by atomic mass is 16.5. The van der Waals surface area contributed by atoms with E-state index in [0.29, 0.717) is 28.2 Å². The Kier molecular flexibility index (Phi) is 4.77. The number of ether oxygens (including phenoxy) is 1. The molecule has 0 fully saturated rings. The van der Waals surface area contributed by atoms with Crippen LogP contribution in [0.1, 0.15) is 53.8 Å². The largest absolute Gasteiger partial charge is 0.451 e. The van der Waals surface area contributed by atoms with Crippen molar-refractivity contribution in [3.8, 4) is 0 Å². The Morgan fingerprint density at radius 2 is 1.74 bits per heavy atom. The summed E-state index contributed by atoms with van der Waals surface area (Å²) in [6, 6.07) is 14.8. The first-order valence-electron chi connectivity index (χ1n) is 10.6. The normalized spacial score (nSPS) is 16.8. The first-order valence-corrected chi connectivity index (χ1v) is 10.6. The van der Waals surface area contributed by atoms with Gasteiger partial charge < -0.3 is 9.72 Å². The molecule has 0 bridgehead atoms. The number of aryl methyl sites for hydroxylation is 1. The third-order valence-electron chi connectivity index (χ3n) is 6.01. The van der Waals surface area contributed by atoms with Gasteiger partial charge in [0.05, 0.1) is 22.0 Å². The number of nitrogens with zero attached hydrogens (tertiary/aromatic N) is 2. The lowest BCUT2D eigenvalue weighted by atomic mass is 9.84. The second-order valence-corrected chi connectivity index (χ2v) is 8.29. The predicted molar refractivity (Wildman–Crippen MR) is 119 cm³/mol. The summed E-state index contributed by atoms with van der Waals surface area (Å²) in [5, 5.41) is 1.31. The molecule has 31 heavy (non-hydrogen) atoms. The van der Waals surface area contributed by atoms with Gasteiger partial charge >= 0.3 is 5.97 Å². The molecule has 0 amide bonds. The maximum Gasteiger partial charge on any atom is 0.339 e. The topological polar surface area (TPSA) is 84.9 Å². The number of fused-ring (bicyclic) bond motifs is 3. The number of aromatic nitrogens is 3. The monoisotopic (exact) mass is 413 g/mol. The van der Waals surface area contributed by atoms with E-state index in [-0.39, 0.29) is 5.56 Å². The SMILES string of the molecule is C[C@@H]1CCc2nc3ccccc3c(C(=O)O[C@@H](C)c3nc4ccccc4c(=O)[nH]3)c2C1. The summed E-state index contributed by atoms with van der Waals surface area (Å²) in [6.45, 7) is 3.92. The molecule has 6 nitrogen and oxygen atoms in total. The maximum absolute atomic E-state index is 13.4. The van der Waals surface area contributed by atoms with E-state index in [9.17, 15) is 9.59 Å². The zero-order valence-electron chi connectivity index (χ0n) is 17.5. The molecular formula is C25H23N3O3. The van der Waals surface area contributed by atoms with Crippen LogP contribution in [0.15, 0.2) is 53.3 Å². The first kappa shape index (κ1) is 19.4. The minimum atomic E-state index is -0.701. The van der Waals surface area contributed by atoms with E-state index in [1.54, 1.807) is 25.1 Å². The summed E-state index contributed by atoms with van der Waals surface area (Å²) in [6.07, 6.45) is 2.02. The summed E-state index contributed by atoms with van der Waals surface area (Å²) >= 11 is 0. The third kappa shape index (κ3) is 3.48. The van der Waals surface area contributed by atoms with Crippen LogP contribution in [0.4, 0.5) is 0 Å². The van der Waals surface area contributed by atoms with Crippen molar-refractivity contribution in [3.05, 3.63) is 81.5 Å². The molecule has 156 valence electrons. The Morgan fingerprint density at radius 1 is 1.06 bits per heavy atom. The minimum absolute atomic E-state index is 0.246.